The summed E-state index contributed by atoms with van der Waals surface area (Å²) in [6.07, 6.45) is 3.62. The van der Waals surface area contributed by atoms with E-state index in [4.69, 9.17) is 16.0 Å². The molecule has 1 amide bonds. The van der Waals surface area contributed by atoms with Gasteiger partial charge in [0, 0.05) is 19.2 Å². The van der Waals surface area contributed by atoms with Gasteiger partial charge in [-0.15, -0.1) is 0 Å². The first-order valence-corrected chi connectivity index (χ1v) is 6.89. The number of hydrogen-bond acceptors (Lipinski definition) is 4. The number of oxime groups is 1. The summed E-state index contributed by atoms with van der Waals surface area (Å²) in [5.74, 6) is -0.0617. The van der Waals surface area contributed by atoms with Crippen LogP contribution in [0.25, 0.3) is 0 Å². The maximum absolute atomic E-state index is 12.8. The molecule has 110 valence electrons. The molecule has 0 radical (unpaired) electrons. The Labute approximate surface area is 114 Å². The van der Waals surface area contributed by atoms with E-state index >= 15 is 0 Å². The number of aliphatic hydroxyl groups is 1. The third-order valence-corrected chi connectivity index (χ3v) is 3.91. The molecule has 0 bridgehead atoms. The molecule has 19 heavy (non-hydrogen) atoms. The summed E-state index contributed by atoms with van der Waals surface area (Å²) < 4.78 is 0. The quantitative estimate of drug-likeness (QED) is 0.289. The van der Waals surface area contributed by atoms with Crippen molar-refractivity contribution in [3.8, 4) is 0 Å². The van der Waals surface area contributed by atoms with Gasteiger partial charge < -0.3 is 20.9 Å². The number of carbonyl (C=O) groups is 1. The van der Waals surface area contributed by atoms with Crippen molar-refractivity contribution in [3.63, 3.8) is 0 Å². The summed E-state index contributed by atoms with van der Waals surface area (Å²) in [5, 5.41) is 21.0. The molecule has 0 aliphatic heterocycles. The fourth-order valence-corrected chi connectivity index (χ4v) is 2.76. The lowest BCUT2D eigenvalue weighted by atomic mass is 9.82. The summed E-state index contributed by atoms with van der Waals surface area (Å²) in [4.78, 5) is 14.5. The fourth-order valence-electron chi connectivity index (χ4n) is 2.76. The standard InChI is InChI=1S/C13H25N3O3/c1-10(2)16(8-5-9-17)12(18)13(11(14)15-19)6-3-4-7-13/h10,17,19H,3-9H2,1-2H3,(H2,14,15). The second-order valence-electron chi connectivity index (χ2n) is 5.44. The lowest BCUT2D eigenvalue weighted by molar-refractivity contribution is -0.140. The number of amidine groups is 1. The van der Waals surface area contributed by atoms with Crippen molar-refractivity contribution < 1.29 is 15.1 Å². The van der Waals surface area contributed by atoms with E-state index in [0.29, 0.717) is 25.8 Å². The van der Waals surface area contributed by atoms with Crippen molar-refractivity contribution in [3.05, 3.63) is 0 Å². The first kappa shape index (κ1) is 15.8. The van der Waals surface area contributed by atoms with Gasteiger partial charge in [0.05, 0.1) is 0 Å². The molecule has 1 aliphatic carbocycles. The Hall–Kier alpha value is -1.30. The minimum absolute atomic E-state index is 0.0182. The van der Waals surface area contributed by atoms with Gasteiger partial charge in [-0.3, -0.25) is 4.79 Å². The van der Waals surface area contributed by atoms with Gasteiger partial charge in [-0.25, -0.2) is 0 Å². The zero-order valence-electron chi connectivity index (χ0n) is 11.8. The Morgan fingerprint density at radius 3 is 2.42 bits per heavy atom. The zero-order chi connectivity index (χ0) is 14.5. The number of nitrogens with zero attached hydrogens (tertiary/aromatic N) is 2. The van der Waals surface area contributed by atoms with Crippen molar-refractivity contribution in [2.24, 2.45) is 16.3 Å². The molecule has 1 saturated carbocycles. The Bertz CT molecular complexity index is 336. The number of aliphatic hydroxyl groups excluding tert-OH is 1. The van der Waals surface area contributed by atoms with Gasteiger partial charge >= 0.3 is 0 Å². The molecule has 1 aliphatic rings. The third kappa shape index (κ3) is 3.18. The van der Waals surface area contributed by atoms with Gasteiger partial charge in [0.25, 0.3) is 0 Å². The lowest BCUT2D eigenvalue weighted by Gasteiger charge is -2.35. The molecule has 0 aromatic heterocycles. The first-order valence-electron chi connectivity index (χ1n) is 6.89. The van der Waals surface area contributed by atoms with Gasteiger partial charge in [0.15, 0.2) is 5.84 Å². The zero-order valence-corrected chi connectivity index (χ0v) is 11.8. The minimum Gasteiger partial charge on any atom is -0.409 e. The molecule has 4 N–H and O–H groups in total. The minimum atomic E-state index is -0.853. The van der Waals surface area contributed by atoms with Crippen molar-refractivity contribution in [2.45, 2.75) is 52.0 Å². The molecule has 1 rings (SSSR count). The smallest absolute Gasteiger partial charge is 0.236 e. The van der Waals surface area contributed by atoms with E-state index in [2.05, 4.69) is 5.16 Å². The Morgan fingerprint density at radius 2 is 2.00 bits per heavy atom. The van der Waals surface area contributed by atoms with E-state index in [1.165, 1.54) is 0 Å². The number of rotatable bonds is 6. The highest BCUT2D eigenvalue weighted by Crippen LogP contribution is 2.40. The average molecular weight is 271 g/mol. The highest BCUT2D eigenvalue weighted by Gasteiger charge is 2.47. The van der Waals surface area contributed by atoms with Gasteiger partial charge in [0.2, 0.25) is 5.91 Å². The molecule has 0 saturated heterocycles. The molecule has 0 aromatic carbocycles. The van der Waals surface area contributed by atoms with Crippen LogP contribution in [0.2, 0.25) is 0 Å². The molecule has 1 fully saturated rings. The summed E-state index contributed by atoms with van der Waals surface area (Å²) in [6, 6.07) is 0.0306. The van der Waals surface area contributed by atoms with Crippen LogP contribution in [0.1, 0.15) is 46.0 Å². The fraction of sp³-hybridized carbons (Fsp3) is 0.846. The first-order chi connectivity index (χ1) is 8.99. The average Bonchev–Trinajstić information content (AvgIpc) is 2.88. The van der Waals surface area contributed by atoms with Crippen LogP contribution in [0.15, 0.2) is 5.16 Å². The molecule has 0 aromatic rings. The van der Waals surface area contributed by atoms with Crippen LogP contribution < -0.4 is 5.73 Å². The summed E-state index contributed by atoms with van der Waals surface area (Å²) in [5.41, 5.74) is 4.93. The van der Waals surface area contributed by atoms with Crippen molar-refractivity contribution in [1.29, 1.82) is 0 Å². The monoisotopic (exact) mass is 271 g/mol. The summed E-state index contributed by atoms with van der Waals surface area (Å²) in [7, 11) is 0. The van der Waals surface area contributed by atoms with Crippen LogP contribution >= 0.6 is 0 Å². The summed E-state index contributed by atoms with van der Waals surface area (Å²) in [6.45, 7) is 4.41. The normalized spacial score (nSPS) is 18.8. The largest absolute Gasteiger partial charge is 0.409 e. The maximum Gasteiger partial charge on any atom is 0.236 e. The van der Waals surface area contributed by atoms with Crippen LogP contribution in [0.3, 0.4) is 0 Å². The van der Waals surface area contributed by atoms with E-state index in [1.54, 1.807) is 4.90 Å². The van der Waals surface area contributed by atoms with Crippen LogP contribution in [0, 0.1) is 5.41 Å². The highest BCUT2D eigenvalue weighted by molar-refractivity contribution is 6.07. The maximum atomic E-state index is 12.8. The van der Waals surface area contributed by atoms with Crippen LogP contribution in [-0.4, -0.2) is 46.1 Å². The third-order valence-electron chi connectivity index (χ3n) is 3.91. The second-order valence-corrected chi connectivity index (χ2v) is 5.44. The Balaban J connectivity index is 2.97. The molecular formula is C13H25N3O3. The van der Waals surface area contributed by atoms with E-state index in [0.717, 1.165) is 12.8 Å². The Morgan fingerprint density at radius 1 is 1.42 bits per heavy atom. The van der Waals surface area contributed by atoms with Gasteiger partial charge in [-0.1, -0.05) is 18.0 Å². The van der Waals surface area contributed by atoms with Crippen LogP contribution in [0.5, 0.6) is 0 Å². The number of carbonyl (C=O) groups excluding carboxylic acids is 1. The van der Waals surface area contributed by atoms with Crippen molar-refractivity contribution in [2.75, 3.05) is 13.2 Å². The molecule has 6 heteroatoms. The second kappa shape index (κ2) is 6.75. The van der Waals surface area contributed by atoms with Crippen LogP contribution in [-0.2, 0) is 4.79 Å². The molecular weight excluding hydrogens is 246 g/mol. The van der Waals surface area contributed by atoms with Gasteiger partial charge in [0.1, 0.15) is 5.41 Å². The SMILES string of the molecule is CC(C)N(CCCO)C(=O)C1(C(N)=NO)CCCC1. The molecule has 0 atom stereocenters. The lowest BCUT2D eigenvalue weighted by Crippen LogP contribution is -2.52. The number of nitrogens with two attached hydrogens (primary N) is 1. The van der Waals surface area contributed by atoms with E-state index in [1.807, 2.05) is 13.8 Å². The van der Waals surface area contributed by atoms with Crippen molar-refractivity contribution >= 4 is 11.7 Å². The van der Waals surface area contributed by atoms with Gasteiger partial charge in [-0.05, 0) is 33.1 Å². The molecule has 0 unspecified atom stereocenters. The van der Waals surface area contributed by atoms with E-state index in [-0.39, 0.29) is 24.4 Å². The molecule has 6 nitrogen and oxygen atoms in total. The number of amides is 1. The van der Waals surface area contributed by atoms with Gasteiger partial charge in [-0.2, -0.15) is 0 Å². The predicted octanol–water partition coefficient (Wildman–Crippen LogP) is 0.913. The van der Waals surface area contributed by atoms with E-state index in [9.17, 15) is 4.79 Å². The summed E-state index contributed by atoms with van der Waals surface area (Å²) >= 11 is 0. The van der Waals surface area contributed by atoms with Crippen molar-refractivity contribution in [1.82, 2.24) is 4.90 Å². The topological polar surface area (TPSA) is 99.2 Å². The molecule has 0 spiro atoms. The Kier molecular flexibility index (Phi) is 5.60. The van der Waals surface area contributed by atoms with Crippen LogP contribution in [0.4, 0.5) is 0 Å². The predicted molar refractivity (Wildman–Crippen MR) is 72.9 cm³/mol. The number of hydrogen-bond donors (Lipinski definition) is 3. The molecule has 0 heterocycles. The highest BCUT2D eigenvalue weighted by atomic mass is 16.4. The van der Waals surface area contributed by atoms with E-state index < -0.39 is 5.41 Å².